The lowest BCUT2D eigenvalue weighted by molar-refractivity contribution is 0.373. The van der Waals surface area contributed by atoms with Crippen LogP contribution >= 0.6 is 0 Å². The first kappa shape index (κ1) is 9.44. The van der Waals surface area contributed by atoms with E-state index in [0.717, 1.165) is 0 Å². The molecule has 0 aromatic heterocycles. The van der Waals surface area contributed by atoms with Crippen molar-refractivity contribution in [2.24, 2.45) is 0 Å². The zero-order valence-electron chi connectivity index (χ0n) is 4.31. The molecule has 0 aliphatic rings. The Kier molecular flexibility index (Phi) is 5.50. The molecule has 1 atom stereocenters. The molecule has 0 amide bonds. The highest BCUT2D eigenvalue weighted by Gasteiger charge is 1.87. The molecule has 1 N–H and O–H groups in total. The van der Waals surface area contributed by atoms with Gasteiger partial charge >= 0.3 is 0 Å². The molecule has 7 heteroatoms. The maximum absolute atomic E-state index is 9.95. The molecular weight excluding hydrogens is 184 g/mol. The van der Waals surface area contributed by atoms with E-state index in [0.29, 0.717) is 0 Å². The van der Waals surface area contributed by atoms with Gasteiger partial charge in [0, 0.05) is 6.61 Å². The molecule has 0 aromatic rings. The summed E-state index contributed by atoms with van der Waals surface area (Å²) in [6, 6.07) is 0. The van der Waals surface area contributed by atoms with Gasteiger partial charge in [-0.3, -0.25) is 0 Å². The van der Waals surface area contributed by atoms with Gasteiger partial charge in [0.2, 0.25) is 0 Å². The Morgan fingerprint density at radius 2 is 2.33 bits per heavy atom. The van der Waals surface area contributed by atoms with E-state index in [9.17, 15) is 8.42 Å². The first-order chi connectivity index (χ1) is 4.13. The molecule has 0 radical (unpaired) electrons. The molecule has 56 valence electrons. The van der Waals surface area contributed by atoms with E-state index < -0.39 is 20.7 Å². The van der Waals surface area contributed by atoms with Crippen LogP contribution in [0.5, 0.6) is 0 Å². The van der Waals surface area contributed by atoms with Crippen molar-refractivity contribution < 1.29 is 17.2 Å². The molecule has 0 aliphatic carbocycles. The first-order valence-electron chi connectivity index (χ1n) is 1.93. The van der Waals surface area contributed by atoms with Crippen molar-refractivity contribution in [2.45, 2.75) is 0 Å². The van der Waals surface area contributed by atoms with Gasteiger partial charge in [-0.25, -0.2) is 15.4 Å². The van der Waals surface area contributed by atoms with E-state index in [1.807, 2.05) is 0 Å². The molecule has 0 fully saturated rings. The molecular formula is C2H5O4S3-. The SMILES string of the molecule is O=S(O)CCO[S-](=O)=S. The molecule has 0 saturated heterocycles. The monoisotopic (exact) mass is 189 g/mol. The van der Waals surface area contributed by atoms with Crippen LogP contribution in [0.3, 0.4) is 0 Å². The standard InChI is InChI=1S/C2H5O4S3/c3-8(4)2-1-6-9(5)7/h1-2H2,(H,3,4)/q-1. The lowest BCUT2D eigenvalue weighted by atomic mass is 10.9. The van der Waals surface area contributed by atoms with E-state index in [2.05, 4.69) is 15.4 Å². The van der Waals surface area contributed by atoms with Crippen LogP contribution in [0.2, 0.25) is 0 Å². The Hall–Kier alpha value is 0.440. The van der Waals surface area contributed by atoms with Crippen LogP contribution in [-0.2, 0) is 40.3 Å². The van der Waals surface area contributed by atoms with E-state index in [1.54, 1.807) is 0 Å². The molecule has 0 saturated carbocycles. The van der Waals surface area contributed by atoms with Gasteiger partial charge in [-0.15, -0.1) is 0 Å². The van der Waals surface area contributed by atoms with Crippen molar-refractivity contribution in [2.75, 3.05) is 12.4 Å². The molecule has 0 spiro atoms. The summed E-state index contributed by atoms with van der Waals surface area (Å²) >= 11 is 2.21. The summed E-state index contributed by atoms with van der Waals surface area (Å²) in [4.78, 5) is 0. The van der Waals surface area contributed by atoms with Crippen LogP contribution in [0.4, 0.5) is 0 Å². The molecule has 0 bridgehead atoms. The van der Waals surface area contributed by atoms with Crippen molar-refractivity contribution >= 4 is 31.9 Å². The fraction of sp³-hybridized carbons (Fsp3) is 1.00. The minimum Gasteiger partial charge on any atom is -0.443 e. The van der Waals surface area contributed by atoms with Gasteiger partial charge in [0.1, 0.15) is 0 Å². The summed E-state index contributed by atoms with van der Waals surface area (Å²) < 4.78 is 32.2. The molecule has 0 aliphatic heterocycles. The maximum Gasteiger partial charge on any atom is 0.155 e. The Morgan fingerprint density at radius 1 is 1.78 bits per heavy atom. The number of hydrogen-bond acceptors (Lipinski definition) is 5. The van der Waals surface area contributed by atoms with Gasteiger partial charge in [-0.05, 0) is 0 Å². The second-order valence-electron chi connectivity index (χ2n) is 1.05. The van der Waals surface area contributed by atoms with Gasteiger partial charge in [0.25, 0.3) is 0 Å². The average Bonchev–Trinajstić information content (AvgIpc) is 1.63. The maximum atomic E-state index is 9.95. The number of rotatable bonds is 4. The van der Waals surface area contributed by atoms with E-state index in [-0.39, 0.29) is 12.4 Å². The molecule has 9 heavy (non-hydrogen) atoms. The lowest BCUT2D eigenvalue weighted by Crippen LogP contribution is -2.02. The van der Waals surface area contributed by atoms with Crippen LogP contribution in [0, 0.1) is 0 Å². The molecule has 1 unspecified atom stereocenters. The normalized spacial score (nSPS) is 14.0. The van der Waals surface area contributed by atoms with Gasteiger partial charge in [0.05, 0.1) is 5.75 Å². The van der Waals surface area contributed by atoms with Crippen LogP contribution < -0.4 is 0 Å². The highest BCUT2D eigenvalue weighted by atomic mass is 32.8. The number of hydrogen-bond donors (Lipinski definition) is 1. The van der Waals surface area contributed by atoms with E-state index in [1.165, 1.54) is 0 Å². The van der Waals surface area contributed by atoms with Crippen LogP contribution in [0.25, 0.3) is 0 Å². The molecule has 0 aromatic carbocycles. The van der Waals surface area contributed by atoms with Gasteiger partial charge in [-0.2, -0.15) is 0 Å². The first-order valence-corrected chi connectivity index (χ1v) is 5.20. The summed E-state index contributed by atoms with van der Waals surface area (Å²) in [7, 11) is -1.74. The second kappa shape index (κ2) is 5.24. The molecule has 4 nitrogen and oxygen atoms in total. The smallest absolute Gasteiger partial charge is 0.155 e. The molecule has 0 heterocycles. The van der Waals surface area contributed by atoms with Crippen molar-refractivity contribution in [1.82, 2.24) is 0 Å². The topological polar surface area (TPSA) is 63.6 Å². The molecule has 0 rings (SSSR count). The lowest BCUT2D eigenvalue weighted by Gasteiger charge is -2.00. The largest absolute Gasteiger partial charge is 0.443 e. The Labute approximate surface area is 61.8 Å². The minimum absolute atomic E-state index is 0.0424. The minimum atomic E-state index is -1.89. The highest BCUT2D eigenvalue weighted by Crippen LogP contribution is 1.77. The van der Waals surface area contributed by atoms with Gasteiger partial charge in [0.15, 0.2) is 11.1 Å². The fourth-order valence-corrected chi connectivity index (χ4v) is 0.928. The van der Waals surface area contributed by atoms with Crippen molar-refractivity contribution in [3.05, 3.63) is 0 Å². The summed E-state index contributed by atoms with van der Waals surface area (Å²) in [5, 5.41) is 0. The van der Waals surface area contributed by atoms with Gasteiger partial charge in [-0.1, -0.05) is 9.64 Å². The summed E-state index contributed by atoms with van der Waals surface area (Å²) in [5.74, 6) is -0.0532. The van der Waals surface area contributed by atoms with E-state index in [4.69, 9.17) is 4.55 Å². The zero-order valence-corrected chi connectivity index (χ0v) is 6.76. The summed E-state index contributed by atoms with van der Waals surface area (Å²) in [6.07, 6.45) is 0. The third-order valence-electron chi connectivity index (χ3n) is 0.438. The van der Waals surface area contributed by atoms with Crippen molar-refractivity contribution in [3.8, 4) is 0 Å². The predicted octanol–water partition coefficient (Wildman–Crippen LogP) is -0.435. The second-order valence-corrected chi connectivity index (χ2v) is 3.56. The van der Waals surface area contributed by atoms with Crippen LogP contribution in [0.15, 0.2) is 0 Å². The Balaban J connectivity index is 3.21. The van der Waals surface area contributed by atoms with Crippen molar-refractivity contribution in [3.63, 3.8) is 0 Å². The van der Waals surface area contributed by atoms with E-state index >= 15 is 0 Å². The average molecular weight is 189 g/mol. The Bertz CT molecular complexity index is 153. The fourth-order valence-electron chi connectivity index (χ4n) is 0.173. The zero-order chi connectivity index (χ0) is 7.28. The van der Waals surface area contributed by atoms with Gasteiger partial charge < -0.3 is 12.9 Å². The third-order valence-corrected chi connectivity index (χ3v) is 1.60. The summed E-state index contributed by atoms with van der Waals surface area (Å²) in [5.41, 5.74) is 0. The predicted molar refractivity (Wildman–Crippen MR) is 37.0 cm³/mol. The van der Waals surface area contributed by atoms with Crippen LogP contribution in [0.1, 0.15) is 0 Å². The third kappa shape index (κ3) is 8.44. The Morgan fingerprint density at radius 3 is 2.67 bits per heavy atom. The van der Waals surface area contributed by atoms with Crippen LogP contribution in [-0.4, -0.2) is 21.1 Å². The quantitative estimate of drug-likeness (QED) is 0.480. The summed E-state index contributed by atoms with van der Waals surface area (Å²) in [6.45, 7) is -0.0424. The highest BCUT2D eigenvalue weighted by molar-refractivity contribution is 8.19. The van der Waals surface area contributed by atoms with Crippen molar-refractivity contribution in [1.29, 1.82) is 0 Å².